The van der Waals surface area contributed by atoms with E-state index in [0.717, 1.165) is 6.20 Å². The number of hydrogen-bond donors (Lipinski definition) is 1. The summed E-state index contributed by atoms with van der Waals surface area (Å²) in [6.07, 6.45) is -2.34. The van der Waals surface area contributed by atoms with E-state index in [9.17, 15) is 22.8 Å². The Labute approximate surface area is 148 Å². The van der Waals surface area contributed by atoms with E-state index in [1.165, 1.54) is 19.1 Å². The van der Waals surface area contributed by atoms with E-state index < -0.39 is 18.0 Å². The number of ketones is 1. The fraction of sp³-hybridized carbons (Fsp3) is 0.412. The van der Waals surface area contributed by atoms with Gasteiger partial charge in [0.05, 0.1) is 14.2 Å². The first-order chi connectivity index (χ1) is 12.3. The largest absolute Gasteiger partial charge is 0.493 e. The van der Waals surface area contributed by atoms with Gasteiger partial charge in [0.25, 0.3) is 5.78 Å². The van der Waals surface area contributed by atoms with Gasteiger partial charge in [0.15, 0.2) is 11.5 Å². The summed E-state index contributed by atoms with van der Waals surface area (Å²) in [5.74, 6) is -1.40. The Morgan fingerprint density at radius 2 is 1.92 bits per heavy atom. The highest BCUT2D eigenvalue weighted by molar-refractivity contribution is 5.96. The first-order valence-electron chi connectivity index (χ1n) is 7.84. The minimum atomic E-state index is -4.92. The molecule has 1 aromatic rings. The third kappa shape index (κ3) is 4.68. The maximum absolute atomic E-state index is 12.5. The lowest BCUT2D eigenvalue weighted by Gasteiger charge is -2.22. The highest BCUT2D eigenvalue weighted by Crippen LogP contribution is 2.30. The van der Waals surface area contributed by atoms with Crippen molar-refractivity contribution in [3.05, 3.63) is 30.5 Å². The van der Waals surface area contributed by atoms with Crippen molar-refractivity contribution in [1.82, 2.24) is 4.90 Å². The Balaban J connectivity index is 2.06. The van der Waals surface area contributed by atoms with Gasteiger partial charge in [-0.1, -0.05) is 0 Å². The van der Waals surface area contributed by atoms with Crippen LogP contribution in [0.2, 0.25) is 0 Å². The molecule has 9 heteroatoms. The third-order valence-electron chi connectivity index (χ3n) is 3.94. The predicted molar refractivity (Wildman–Crippen MR) is 88.1 cm³/mol. The van der Waals surface area contributed by atoms with Crippen LogP contribution < -0.4 is 14.8 Å². The molecule has 1 heterocycles. The number of ether oxygens (including phenoxy) is 2. The molecular weight excluding hydrogens is 353 g/mol. The number of alkyl halides is 3. The zero-order valence-corrected chi connectivity index (χ0v) is 14.3. The van der Waals surface area contributed by atoms with Crippen molar-refractivity contribution < 1.29 is 32.2 Å². The number of halogens is 3. The first-order valence-corrected chi connectivity index (χ1v) is 7.84. The van der Waals surface area contributed by atoms with Gasteiger partial charge in [0, 0.05) is 30.6 Å². The van der Waals surface area contributed by atoms with Crippen molar-refractivity contribution in [2.24, 2.45) is 0 Å². The summed E-state index contributed by atoms with van der Waals surface area (Å²) < 4.78 is 47.1. The standard InChI is InChI=1S/C17H19F3N2O4/c1-25-13-6-5-11(10-14(13)26-2)21-16(24)12-4-3-8-22(12)9-7-15(23)17(18,19)20/h5-7,9-10,12H,3-4,8H2,1-2H3,(H,21,24). The minimum Gasteiger partial charge on any atom is -0.493 e. The monoisotopic (exact) mass is 372 g/mol. The molecule has 1 saturated heterocycles. The molecule has 0 bridgehead atoms. The van der Waals surface area contributed by atoms with E-state index in [0.29, 0.717) is 42.6 Å². The second kappa shape index (κ2) is 8.11. The molecule has 0 radical (unpaired) electrons. The molecule has 2 rings (SSSR count). The maximum Gasteiger partial charge on any atom is 0.454 e. The lowest BCUT2D eigenvalue weighted by atomic mass is 10.2. The number of amides is 1. The molecule has 0 saturated carbocycles. The van der Waals surface area contributed by atoms with Crippen molar-refractivity contribution in [2.45, 2.75) is 25.1 Å². The fourth-order valence-electron chi connectivity index (χ4n) is 2.65. The molecule has 1 fully saturated rings. The summed E-state index contributed by atoms with van der Waals surface area (Å²) in [7, 11) is 2.95. The van der Waals surface area contributed by atoms with Gasteiger partial charge in [-0.25, -0.2) is 0 Å². The number of methoxy groups -OCH3 is 2. The molecule has 0 aliphatic carbocycles. The summed E-state index contributed by atoms with van der Waals surface area (Å²) in [6, 6.07) is 4.18. The van der Waals surface area contributed by atoms with Gasteiger partial charge >= 0.3 is 6.18 Å². The topological polar surface area (TPSA) is 67.9 Å². The average Bonchev–Trinajstić information content (AvgIpc) is 3.07. The van der Waals surface area contributed by atoms with Gasteiger partial charge in [-0.05, 0) is 25.0 Å². The summed E-state index contributed by atoms with van der Waals surface area (Å²) in [5, 5.41) is 2.70. The second-order valence-electron chi connectivity index (χ2n) is 5.63. The second-order valence-corrected chi connectivity index (χ2v) is 5.63. The fourth-order valence-corrected chi connectivity index (χ4v) is 2.65. The van der Waals surface area contributed by atoms with Crippen LogP contribution in [-0.4, -0.2) is 49.6 Å². The number of nitrogens with zero attached hydrogens (tertiary/aromatic N) is 1. The van der Waals surface area contributed by atoms with E-state index in [1.807, 2.05) is 0 Å². The zero-order valence-electron chi connectivity index (χ0n) is 14.3. The molecule has 0 spiro atoms. The van der Waals surface area contributed by atoms with Crippen LogP contribution in [0, 0.1) is 0 Å². The molecule has 142 valence electrons. The van der Waals surface area contributed by atoms with Crippen molar-refractivity contribution >= 4 is 17.4 Å². The molecule has 0 aromatic heterocycles. The Hall–Kier alpha value is -2.71. The maximum atomic E-state index is 12.5. The Morgan fingerprint density at radius 3 is 2.54 bits per heavy atom. The number of benzene rings is 1. The molecule has 1 amide bonds. The highest BCUT2D eigenvalue weighted by Gasteiger charge is 2.37. The molecule has 1 aliphatic rings. The Morgan fingerprint density at radius 1 is 1.23 bits per heavy atom. The number of likely N-dealkylation sites (tertiary alicyclic amines) is 1. The molecule has 1 N–H and O–H groups in total. The molecular formula is C17H19F3N2O4. The summed E-state index contributed by atoms with van der Waals surface area (Å²) in [5.41, 5.74) is 0.467. The van der Waals surface area contributed by atoms with Crippen LogP contribution in [0.3, 0.4) is 0 Å². The SMILES string of the molecule is COc1ccc(NC(=O)C2CCCN2C=CC(=O)C(F)(F)F)cc1OC. The van der Waals surface area contributed by atoms with Crippen molar-refractivity contribution in [1.29, 1.82) is 0 Å². The van der Waals surface area contributed by atoms with Crippen LogP contribution in [0.15, 0.2) is 30.5 Å². The van der Waals surface area contributed by atoms with Gasteiger partial charge < -0.3 is 19.7 Å². The van der Waals surface area contributed by atoms with E-state index >= 15 is 0 Å². The van der Waals surface area contributed by atoms with E-state index in [1.54, 1.807) is 18.2 Å². The average molecular weight is 372 g/mol. The lowest BCUT2D eigenvalue weighted by molar-refractivity contribution is -0.165. The third-order valence-corrected chi connectivity index (χ3v) is 3.94. The molecule has 26 heavy (non-hydrogen) atoms. The Kier molecular flexibility index (Phi) is 6.12. The smallest absolute Gasteiger partial charge is 0.454 e. The molecule has 1 unspecified atom stereocenters. The predicted octanol–water partition coefficient (Wildman–Crippen LogP) is 2.75. The number of hydrogen-bond acceptors (Lipinski definition) is 5. The van der Waals surface area contributed by atoms with Crippen LogP contribution in [0.4, 0.5) is 18.9 Å². The van der Waals surface area contributed by atoms with Gasteiger partial charge in [0.2, 0.25) is 5.91 Å². The molecule has 6 nitrogen and oxygen atoms in total. The number of anilines is 1. The number of allylic oxidation sites excluding steroid dienone is 1. The van der Waals surface area contributed by atoms with E-state index in [2.05, 4.69) is 5.32 Å². The van der Waals surface area contributed by atoms with Gasteiger partial charge in [-0.2, -0.15) is 13.2 Å². The van der Waals surface area contributed by atoms with Crippen molar-refractivity contribution in [3.8, 4) is 11.5 Å². The van der Waals surface area contributed by atoms with Crippen molar-refractivity contribution in [3.63, 3.8) is 0 Å². The number of carbonyl (C=O) groups is 2. The lowest BCUT2D eigenvalue weighted by Crippen LogP contribution is -2.36. The highest BCUT2D eigenvalue weighted by atomic mass is 19.4. The van der Waals surface area contributed by atoms with Gasteiger partial charge in [0.1, 0.15) is 6.04 Å². The zero-order chi connectivity index (χ0) is 19.3. The van der Waals surface area contributed by atoms with Crippen LogP contribution in [0.25, 0.3) is 0 Å². The van der Waals surface area contributed by atoms with Gasteiger partial charge in [-0.15, -0.1) is 0 Å². The van der Waals surface area contributed by atoms with Crippen molar-refractivity contribution in [2.75, 3.05) is 26.1 Å². The quantitative estimate of drug-likeness (QED) is 0.778. The summed E-state index contributed by atoms with van der Waals surface area (Å²) in [4.78, 5) is 24.8. The molecule has 1 aliphatic heterocycles. The normalized spacial score (nSPS) is 17.4. The first kappa shape index (κ1) is 19.6. The number of nitrogens with one attached hydrogen (secondary N) is 1. The Bertz CT molecular complexity index is 704. The minimum absolute atomic E-state index is 0.376. The number of carbonyl (C=O) groups excluding carboxylic acids is 2. The number of rotatable bonds is 6. The van der Waals surface area contributed by atoms with Gasteiger partial charge in [-0.3, -0.25) is 9.59 Å². The van der Waals surface area contributed by atoms with E-state index in [4.69, 9.17) is 9.47 Å². The van der Waals surface area contributed by atoms with Crippen LogP contribution in [0.1, 0.15) is 12.8 Å². The van der Waals surface area contributed by atoms with Crippen LogP contribution in [-0.2, 0) is 9.59 Å². The van der Waals surface area contributed by atoms with E-state index in [-0.39, 0.29) is 5.91 Å². The summed E-state index contributed by atoms with van der Waals surface area (Å²) in [6.45, 7) is 0.395. The summed E-state index contributed by atoms with van der Waals surface area (Å²) >= 11 is 0. The van der Waals surface area contributed by atoms with Crippen LogP contribution in [0.5, 0.6) is 11.5 Å². The molecule has 1 atom stereocenters. The van der Waals surface area contributed by atoms with Crippen LogP contribution >= 0.6 is 0 Å². The molecule has 1 aromatic carbocycles.